The molecule has 0 spiro atoms. The zero-order chi connectivity index (χ0) is 22.6. The molecule has 1 N–H and O–H groups in total. The summed E-state index contributed by atoms with van der Waals surface area (Å²) in [6, 6.07) is 15.0. The molecule has 1 unspecified atom stereocenters. The van der Waals surface area contributed by atoms with Crippen molar-refractivity contribution in [1.29, 1.82) is 5.26 Å². The summed E-state index contributed by atoms with van der Waals surface area (Å²) in [5.74, 6) is -2.17. The summed E-state index contributed by atoms with van der Waals surface area (Å²) in [6.07, 6.45) is 1.36. The molecule has 0 bridgehead atoms. The number of halogens is 3. The van der Waals surface area contributed by atoms with Gasteiger partial charge in [-0.2, -0.15) is 5.26 Å². The minimum atomic E-state index is -3.84. The van der Waals surface area contributed by atoms with Crippen molar-refractivity contribution in [3.8, 4) is 6.07 Å². The van der Waals surface area contributed by atoms with Gasteiger partial charge in [0.1, 0.15) is 11.2 Å². The monoisotopic (exact) mass is 493 g/mol. The van der Waals surface area contributed by atoms with Crippen molar-refractivity contribution in [1.82, 2.24) is 4.98 Å². The van der Waals surface area contributed by atoms with E-state index >= 15 is 0 Å². The molecule has 0 aliphatic carbocycles. The lowest BCUT2D eigenvalue weighted by atomic mass is 10.0. The second-order valence-electron chi connectivity index (χ2n) is 6.50. The topological polar surface area (TPSA) is 99.9 Å². The molecular formula is C21H14Cl3N3O3S. The summed E-state index contributed by atoms with van der Waals surface area (Å²) < 4.78 is 25.9. The van der Waals surface area contributed by atoms with E-state index in [2.05, 4.69) is 10.3 Å². The molecule has 10 heteroatoms. The SMILES string of the molecule is N#Cc1ccc(NC(=O)C(CS(=O)(=O)c2ccc(Cl)cc2)c2ccc(Cl)nc2)cc1Cl. The Bertz CT molecular complexity index is 1260. The summed E-state index contributed by atoms with van der Waals surface area (Å²) in [5, 5.41) is 12.4. The Kier molecular flexibility index (Phi) is 7.19. The van der Waals surface area contributed by atoms with E-state index in [4.69, 9.17) is 40.1 Å². The lowest BCUT2D eigenvalue weighted by Crippen LogP contribution is -2.28. The average Bonchev–Trinajstić information content (AvgIpc) is 2.73. The first-order valence-corrected chi connectivity index (χ1v) is 11.6. The predicted molar refractivity (Wildman–Crippen MR) is 120 cm³/mol. The molecule has 1 heterocycles. The molecule has 1 aromatic heterocycles. The summed E-state index contributed by atoms with van der Waals surface area (Å²) in [4.78, 5) is 17.1. The van der Waals surface area contributed by atoms with Crippen LogP contribution in [0.1, 0.15) is 17.0 Å². The Morgan fingerprint density at radius 2 is 1.77 bits per heavy atom. The van der Waals surface area contributed by atoms with E-state index in [1.54, 1.807) is 6.07 Å². The third-order valence-corrected chi connectivity index (χ3v) is 6.94. The van der Waals surface area contributed by atoms with Crippen LogP contribution in [0.2, 0.25) is 15.2 Å². The fraction of sp³-hybridized carbons (Fsp3) is 0.0952. The number of benzene rings is 2. The van der Waals surface area contributed by atoms with Crippen LogP contribution in [0.15, 0.2) is 65.7 Å². The Hall–Kier alpha value is -2.63. The van der Waals surface area contributed by atoms with Crippen molar-refractivity contribution in [2.24, 2.45) is 0 Å². The molecule has 0 aliphatic heterocycles. The number of hydrogen-bond acceptors (Lipinski definition) is 5. The van der Waals surface area contributed by atoms with E-state index in [0.717, 1.165) is 0 Å². The molecule has 158 valence electrons. The van der Waals surface area contributed by atoms with Crippen LogP contribution in [-0.4, -0.2) is 25.1 Å². The number of carbonyl (C=O) groups excluding carboxylic acids is 1. The van der Waals surface area contributed by atoms with Gasteiger partial charge < -0.3 is 5.32 Å². The zero-order valence-corrected chi connectivity index (χ0v) is 18.8. The van der Waals surface area contributed by atoms with Gasteiger partial charge in [0.25, 0.3) is 0 Å². The molecule has 1 atom stereocenters. The number of pyridine rings is 1. The fourth-order valence-corrected chi connectivity index (χ4v) is 4.77. The number of nitrogens with zero attached hydrogens (tertiary/aromatic N) is 2. The van der Waals surface area contributed by atoms with Gasteiger partial charge in [-0.1, -0.05) is 40.9 Å². The van der Waals surface area contributed by atoms with Crippen LogP contribution in [0.25, 0.3) is 0 Å². The number of carbonyl (C=O) groups is 1. The maximum atomic E-state index is 13.1. The number of anilines is 1. The first-order valence-electron chi connectivity index (χ1n) is 8.80. The summed E-state index contributed by atoms with van der Waals surface area (Å²) in [6.45, 7) is 0. The highest BCUT2D eigenvalue weighted by Gasteiger charge is 2.29. The van der Waals surface area contributed by atoms with Gasteiger partial charge in [-0.15, -0.1) is 0 Å². The number of aromatic nitrogens is 1. The second-order valence-corrected chi connectivity index (χ2v) is 9.76. The first-order chi connectivity index (χ1) is 14.7. The lowest BCUT2D eigenvalue weighted by Gasteiger charge is -2.18. The zero-order valence-electron chi connectivity index (χ0n) is 15.7. The largest absolute Gasteiger partial charge is 0.325 e. The number of rotatable bonds is 6. The number of hydrogen-bond donors (Lipinski definition) is 1. The number of nitriles is 1. The third kappa shape index (κ3) is 5.75. The van der Waals surface area contributed by atoms with E-state index < -0.39 is 27.4 Å². The average molecular weight is 495 g/mol. The van der Waals surface area contributed by atoms with Gasteiger partial charge in [-0.3, -0.25) is 4.79 Å². The molecule has 0 saturated carbocycles. The van der Waals surface area contributed by atoms with Gasteiger partial charge in [0.15, 0.2) is 9.84 Å². The highest BCUT2D eigenvalue weighted by Crippen LogP contribution is 2.26. The summed E-state index contributed by atoms with van der Waals surface area (Å²) in [5.41, 5.74) is 0.951. The number of sulfone groups is 1. The van der Waals surface area contributed by atoms with Crippen LogP contribution in [0.4, 0.5) is 5.69 Å². The van der Waals surface area contributed by atoms with Crippen molar-refractivity contribution in [2.75, 3.05) is 11.1 Å². The Morgan fingerprint density at radius 3 is 2.35 bits per heavy atom. The van der Waals surface area contributed by atoms with Gasteiger partial charge in [-0.25, -0.2) is 13.4 Å². The van der Waals surface area contributed by atoms with E-state index in [9.17, 15) is 13.2 Å². The molecule has 0 aliphatic rings. The molecule has 0 saturated heterocycles. The number of amides is 1. The highest BCUT2D eigenvalue weighted by molar-refractivity contribution is 7.91. The van der Waals surface area contributed by atoms with Crippen molar-refractivity contribution in [3.05, 3.63) is 87.1 Å². The smallest absolute Gasteiger partial charge is 0.233 e. The minimum Gasteiger partial charge on any atom is -0.325 e. The first kappa shape index (κ1) is 23.0. The number of nitrogens with one attached hydrogen (secondary N) is 1. The normalized spacial score (nSPS) is 12.1. The maximum Gasteiger partial charge on any atom is 0.233 e. The van der Waals surface area contributed by atoms with Crippen LogP contribution >= 0.6 is 34.8 Å². The molecule has 31 heavy (non-hydrogen) atoms. The van der Waals surface area contributed by atoms with E-state index in [0.29, 0.717) is 16.3 Å². The van der Waals surface area contributed by atoms with Crippen molar-refractivity contribution in [2.45, 2.75) is 10.8 Å². The quantitative estimate of drug-likeness (QED) is 0.480. The van der Waals surface area contributed by atoms with Crippen LogP contribution in [0.5, 0.6) is 0 Å². The highest BCUT2D eigenvalue weighted by atomic mass is 35.5. The molecule has 6 nitrogen and oxygen atoms in total. The van der Waals surface area contributed by atoms with Gasteiger partial charge in [-0.05, 0) is 54.1 Å². The Labute approximate surface area is 194 Å². The van der Waals surface area contributed by atoms with Crippen LogP contribution < -0.4 is 5.32 Å². The van der Waals surface area contributed by atoms with Gasteiger partial charge in [0.2, 0.25) is 5.91 Å². The van der Waals surface area contributed by atoms with Crippen LogP contribution in [0, 0.1) is 11.3 Å². The summed E-state index contributed by atoms with van der Waals surface area (Å²) >= 11 is 17.7. The second kappa shape index (κ2) is 9.67. The van der Waals surface area contributed by atoms with Crippen molar-refractivity contribution < 1.29 is 13.2 Å². The van der Waals surface area contributed by atoms with Crippen molar-refractivity contribution in [3.63, 3.8) is 0 Å². The lowest BCUT2D eigenvalue weighted by molar-refractivity contribution is -0.117. The molecule has 3 rings (SSSR count). The predicted octanol–water partition coefficient (Wildman–Crippen LogP) is 5.11. The molecule has 3 aromatic rings. The Morgan fingerprint density at radius 1 is 1.06 bits per heavy atom. The summed E-state index contributed by atoms with van der Waals surface area (Å²) in [7, 11) is -3.84. The fourth-order valence-electron chi connectivity index (χ4n) is 2.79. The van der Waals surface area contributed by atoms with Gasteiger partial charge in [0, 0.05) is 16.9 Å². The maximum absolute atomic E-state index is 13.1. The molecule has 2 aromatic carbocycles. The standard InChI is InChI=1S/C21H14Cl3N3O3S/c22-15-3-6-17(7-4-15)31(29,30)12-18(14-2-8-20(24)26-11-14)21(28)27-16-5-1-13(10-25)19(23)9-16/h1-9,11,18H,12H2,(H,27,28). The minimum absolute atomic E-state index is 0.0399. The Balaban J connectivity index is 1.93. The molecular weight excluding hydrogens is 481 g/mol. The van der Waals surface area contributed by atoms with Crippen molar-refractivity contribution >= 4 is 56.2 Å². The van der Waals surface area contributed by atoms with E-state index in [1.807, 2.05) is 6.07 Å². The van der Waals surface area contributed by atoms with Crippen LogP contribution in [-0.2, 0) is 14.6 Å². The molecule has 1 amide bonds. The molecule has 0 fully saturated rings. The molecule has 0 radical (unpaired) electrons. The van der Waals surface area contributed by atoms with Gasteiger partial charge >= 0.3 is 0 Å². The van der Waals surface area contributed by atoms with Gasteiger partial charge in [0.05, 0.1) is 27.2 Å². The van der Waals surface area contributed by atoms with E-state index in [-0.39, 0.29) is 20.6 Å². The third-order valence-electron chi connectivity index (χ3n) is 4.39. The van der Waals surface area contributed by atoms with Crippen LogP contribution in [0.3, 0.4) is 0 Å². The van der Waals surface area contributed by atoms with E-state index in [1.165, 1.54) is 54.7 Å².